The number of piperidine rings is 2. The molecule has 2 atom stereocenters. The lowest BCUT2D eigenvalue weighted by Gasteiger charge is -2.44. The molecular formula is C15H26N2O. The molecule has 0 aromatic carbocycles. The summed E-state index contributed by atoms with van der Waals surface area (Å²) in [7, 11) is 2.23. The number of Topliss-reactive ketones (excluding diaryl/α,β-unsaturated/α-hetero) is 1. The van der Waals surface area contributed by atoms with Crippen molar-refractivity contribution in [2.24, 2.45) is 5.41 Å². The summed E-state index contributed by atoms with van der Waals surface area (Å²) in [4.78, 5) is 16.8. The van der Waals surface area contributed by atoms with E-state index in [2.05, 4.69) is 23.8 Å². The summed E-state index contributed by atoms with van der Waals surface area (Å²) in [5, 5.41) is 0. The van der Waals surface area contributed by atoms with E-state index in [1.54, 1.807) is 0 Å². The summed E-state index contributed by atoms with van der Waals surface area (Å²) in [6, 6.07) is 1.15. The van der Waals surface area contributed by atoms with Crippen molar-refractivity contribution in [1.82, 2.24) is 9.80 Å². The number of nitrogens with zero attached hydrogens (tertiary/aromatic N) is 2. The van der Waals surface area contributed by atoms with Gasteiger partial charge in [0.2, 0.25) is 0 Å². The van der Waals surface area contributed by atoms with Gasteiger partial charge in [-0.3, -0.25) is 9.69 Å². The Kier molecular flexibility index (Phi) is 3.23. The van der Waals surface area contributed by atoms with E-state index in [1.165, 1.54) is 45.3 Å². The fraction of sp³-hybridized carbons (Fsp3) is 0.933. The molecule has 0 amide bonds. The molecule has 3 rings (SSSR count). The number of carbonyl (C=O) groups excluding carboxylic acids is 1. The molecule has 3 heteroatoms. The molecule has 18 heavy (non-hydrogen) atoms. The van der Waals surface area contributed by atoms with Crippen LogP contribution in [0.15, 0.2) is 0 Å². The van der Waals surface area contributed by atoms with Gasteiger partial charge in [-0.1, -0.05) is 6.92 Å². The molecule has 2 bridgehead atoms. The van der Waals surface area contributed by atoms with Crippen molar-refractivity contribution in [1.29, 1.82) is 0 Å². The zero-order chi connectivity index (χ0) is 12.8. The van der Waals surface area contributed by atoms with Gasteiger partial charge < -0.3 is 4.90 Å². The molecule has 0 spiro atoms. The van der Waals surface area contributed by atoms with Gasteiger partial charge >= 0.3 is 0 Å². The highest BCUT2D eigenvalue weighted by Gasteiger charge is 2.43. The van der Waals surface area contributed by atoms with Crippen LogP contribution in [0, 0.1) is 5.41 Å². The maximum absolute atomic E-state index is 11.7. The van der Waals surface area contributed by atoms with Crippen LogP contribution >= 0.6 is 0 Å². The number of ketones is 1. The fourth-order valence-electron chi connectivity index (χ4n) is 4.08. The first-order valence-corrected chi connectivity index (χ1v) is 7.52. The average Bonchev–Trinajstić information content (AvgIpc) is 2.57. The van der Waals surface area contributed by atoms with Crippen molar-refractivity contribution >= 4 is 5.78 Å². The zero-order valence-corrected chi connectivity index (χ0v) is 11.8. The van der Waals surface area contributed by atoms with Crippen LogP contribution in [0.3, 0.4) is 0 Å². The number of carbonyl (C=O) groups is 1. The first-order chi connectivity index (χ1) is 8.56. The molecule has 2 unspecified atom stereocenters. The number of fused-ring (bicyclic) bond motifs is 2. The predicted molar refractivity (Wildman–Crippen MR) is 72.6 cm³/mol. The van der Waals surface area contributed by atoms with Gasteiger partial charge in [0.15, 0.2) is 0 Å². The summed E-state index contributed by atoms with van der Waals surface area (Å²) in [5.41, 5.74) is 0.480. The predicted octanol–water partition coefficient (Wildman–Crippen LogP) is 1.91. The fourth-order valence-corrected chi connectivity index (χ4v) is 4.08. The van der Waals surface area contributed by atoms with E-state index in [1.807, 2.05) is 0 Å². The van der Waals surface area contributed by atoms with Crippen molar-refractivity contribution in [3.8, 4) is 0 Å². The second-order valence-corrected chi connectivity index (χ2v) is 7.12. The highest BCUT2D eigenvalue weighted by molar-refractivity contribution is 5.80. The zero-order valence-electron chi connectivity index (χ0n) is 11.8. The van der Waals surface area contributed by atoms with E-state index in [9.17, 15) is 4.79 Å². The molecule has 102 valence electrons. The smallest absolute Gasteiger partial charge is 0.136 e. The highest BCUT2D eigenvalue weighted by Crippen LogP contribution is 2.39. The third-order valence-corrected chi connectivity index (χ3v) is 5.46. The molecule has 3 nitrogen and oxygen atoms in total. The lowest BCUT2D eigenvalue weighted by molar-refractivity contribution is -0.124. The second kappa shape index (κ2) is 4.61. The van der Waals surface area contributed by atoms with Crippen LogP contribution < -0.4 is 0 Å². The first kappa shape index (κ1) is 12.6. The third-order valence-electron chi connectivity index (χ3n) is 5.46. The number of hydrogen-bond acceptors (Lipinski definition) is 3. The number of rotatable bonds is 2. The molecule has 3 fully saturated rings. The SMILES string of the molecule is CN1CCC(C)(CN2C3CCC2CC(=O)C3)CC1. The van der Waals surface area contributed by atoms with Gasteiger partial charge in [-0.25, -0.2) is 0 Å². The highest BCUT2D eigenvalue weighted by atomic mass is 16.1. The summed E-state index contributed by atoms with van der Waals surface area (Å²) in [6.45, 7) is 6.15. The summed E-state index contributed by atoms with van der Waals surface area (Å²) in [6.07, 6.45) is 6.79. The van der Waals surface area contributed by atoms with E-state index >= 15 is 0 Å². The van der Waals surface area contributed by atoms with E-state index in [0.29, 0.717) is 23.3 Å². The molecule has 0 aromatic heterocycles. The van der Waals surface area contributed by atoms with Crippen LogP contribution in [0.2, 0.25) is 0 Å². The lowest BCUT2D eigenvalue weighted by Crippen LogP contribution is -2.50. The van der Waals surface area contributed by atoms with Crippen LogP contribution in [0.5, 0.6) is 0 Å². The lowest BCUT2D eigenvalue weighted by atomic mass is 9.79. The molecule has 0 radical (unpaired) electrons. The van der Waals surface area contributed by atoms with Gasteiger partial charge in [-0.2, -0.15) is 0 Å². The van der Waals surface area contributed by atoms with Crippen LogP contribution in [-0.4, -0.2) is 54.3 Å². The molecule has 0 saturated carbocycles. The monoisotopic (exact) mass is 250 g/mol. The molecule has 0 aliphatic carbocycles. The first-order valence-electron chi connectivity index (χ1n) is 7.52. The second-order valence-electron chi connectivity index (χ2n) is 7.12. The summed E-state index contributed by atoms with van der Waals surface area (Å²) < 4.78 is 0. The largest absolute Gasteiger partial charge is 0.306 e. The van der Waals surface area contributed by atoms with Crippen molar-refractivity contribution in [3.05, 3.63) is 0 Å². The Morgan fingerprint density at radius 1 is 1.17 bits per heavy atom. The number of likely N-dealkylation sites (tertiary alicyclic amines) is 1. The minimum absolute atomic E-state index is 0.480. The van der Waals surface area contributed by atoms with Gasteiger partial charge in [-0.05, 0) is 51.2 Å². The average molecular weight is 250 g/mol. The Morgan fingerprint density at radius 3 is 2.28 bits per heavy atom. The Morgan fingerprint density at radius 2 is 1.72 bits per heavy atom. The van der Waals surface area contributed by atoms with Crippen molar-refractivity contribution in [2.45, 2.75) is 57.5 Å². The van der Waals surface area contributed by atoms with Gasteiger partial charge in [-0.15, -0.1) is 0 Å². The summed E-state index contributed by atoms with van der Waals surface area (Å²) >= 11 is 0. The minimum atomic E-state index is 0.480. The van der Waals surface area contributed by atoms with Crippen LogP contribution in [0.4, 0.5) is 0 Å². The standard InChI is InChI=1S/C15H26N2O/c1-15(5-7-16(2)8-6-15)11-17-12-3-4-13(17)10-14(18)9-12/h12-13H,3-11H2,1-2H3. The van der Waals surface area contributed by atoms with E-state index in [-0.39, 0.29) is 0 Å². The maximum atomic E-state index is 11.7. The molecule has 0 N–H and O–H groups in total. The van der Waals surface area contributed by atoms with E-state index < -0.39 is 0 Å². The third kappa shape index (κ3) is 2.35. The minimum Gasteiger partial charge on any atom is -0.306 e. The summed E-state index contributed by atoms with van der Waals surface area (Å²) in [5.74, 6) is 0.507. The molecule has 3 heterocycles. The van der Waals surface area contributed by atoms with Gasteiger partial charge in [0.25, 0.3) is 0 Å². The molecule has 0 aromatic rings. The molecule has 3 aliphatic rings. The molecule has 3 aliphatic heterocycles. The quantitative estimate of drug-likeness (QED) is 0.748. The molecular weight excluding hydrogens is 224 g/mol. The number of hydrogen-bond donors (Lipinski definition) is 0. The van der Waals surface area contributed by atoms with Crippen LogP contribution in [0.1, 0.15) is 45.4 Å². The molecule has 3 saturated heterocycles. The van der Waals surface area contributed by atoms with Crippen LogP contribution in [0.25, 0.3) is 0 Å². The van der Waals surface area contributed by atoms with Crippen molar-refractivity contribution in [3.63, 3.8) is 0 Å². The maximum Gasteiger partial charge on any atom is 0.136 e. The Balaban J connectivity index is 1.64. The Labute approximate surface area is 111 Å². The normalized spacial score (nSPS) is 37.1. The Bertz CT molecular complexity index is 317. The van der Waals surface area contributed by atoms with E-state index in [0.717, 1.165) is 12.8 Å². The van der Waals surface area contributed by atoms with Crippen LogP contribution in [-0.2, 0) is 4.79 Å². The van der Waals surface area contributed by atoms with Gasteiger partial charge in [0.05, 0.1) is 0 Å². The van der Waals surface area contributed by atoms with Gasteiger partial charge in [0.1, 0.15) is 5.78 Å². The van der Waals surface area contributed by atoms with Crippen molar-refractivity contribution in [2.75, 3.05) is 26.7 Å². The van der Waals surface area contributed by atoms with Crippen molar-refractivity contribution < 1.29 is 4.79 Å². The van der Waals surface area contributed by atoms with E-state index in [4.69, 9.17) is 0 Å². The van der Waals surface area contributed by atoms with Gasteiger partial charge in [0, 0.05) is 31.5 Å². The topological polar surface area (TPSA) is 23.6 Å². The Hall–Kier alpha value is -0.410.